The van der Waals surface area contributed by atoms with Gasteiger partial charge in [0, 0.05) is 6.07 Å². The summed E-state index contributed by atoms with van der Waals surface area (Å²) in [6, 6.07) is 7.68. The quantitative estimate of drug-likeness (QED) is 0.768. The van der Waals surface area contributed by atoms with Crippen LogP contribution in [-0.4, -0.2) is 26.7 Å². The summed E-state index contributed by atoms with van der Waals surface area (Å²) in [5.41, 5.74) is -0.484. The fourth-order valence-electron chi connectivity index (χ4n) is 2.12. The largest absolute Gasteiger partial charge is 0.497 e. The Balaban J connectivity index is 2.08. The molecule has 140 valence electrons. The van der Waals surface area contributed by atoms with Crippen LogP contribution in [0.1, 0.15) is 5.56 Å². The first-order chi connectivity index (χ1) is 12.2. The molecule has 1 amide bonds. The van der Waals surface area contributed by atoms with Gasteiger partial charge in [-0.25, -0.2) is 0 Å². The zero-order chi connectivity index (χ0) is 19.3. The number of benzene rings is 2. The molecule has 2 N–H and O–H groups in total. The number of halogens is 4. The van der Waals surface area contributed by atoms with E-state index in [1.165, 1.54) is 14.2 Å². The third-order valence-corrected chi connectivity index (χ3v) is 3.74. The standard InChI is InChI=1S/C17H16ClF3N2O3/c1-25-11-4-6-15(26-2)14(8-11)23-16(24)9-22-13-7-10(17(19,20)21)3-5-12(13)18/h3-8,22H,9H2,1-2H3,(H,23,24). The maximum absolute atomic E-state index is 12.8. The zero-order valence-electron chi connectivity index (χ0n) is 13.9. The third kappa shape index (κ3) is 4.95. The van der Waals surface area contributed by atoms with Gasteiger partial charge < -0.3 is 20.1 Å². The van der Waals surface area contributed by atoms with Crippen molar-refractivity contribution >= 4 is 28.9 Å². The minimum atomic E-state index is -4.50. The van der Waals surface area contributed by atoms with Gasteiger partial charge in [-0.1, -0.05) is 11.6 Å². The molecule has 0 aliphatic heterocycles. The number of nitrogens with one attached hydrogen (secondary N) is 2. The van der Waals surface area contributed by atoms with Crippen molar-refractivity contribution in [3.63, 3.8) is 0 Å². The minimum absolute atomic E-state index is 0.00856. The van der Waals surface area contributed by atoms with Crippen LogP contribution in [0.3, 0.4) is 0 Å². The summed E-state index contributed by atoms with van der Waals surface area (Å²) in [4.78, 5) is 12.1. The summed E-state index contributed by atoms with van der Waals surface area (Å²) in [5, 5.41) is 5.27. The molecule has 5 nitrogen and oxygen atoms in total. The number of anilines is 2. The summed E-state index contributed by atoms with van der Waals surface area (Å²) >= 11 is 5.88. The number of alkyl halides is 3. The zero-order valence-corrected chi connectivity index (χ0v) is 14.7. The van der Waals surface area contributed by atoms with Crippen molar-refractivity contribution in [1.29, 1.82) is 0 Å². The van der Waals surface area contributed by atoms with Crippen LogP contribution in [-0.2, 0) is 11.0 Å². The van der Waals surface area contributed by atoms with E-state index in [1.807, 2.05) is 0 Å². The first kappa shape index (κ1) is 19.7. The highest BCUT2D eigenvalue weighted by Crippen LogP contribution is 2.34. The molecule has 9 heteroatoms. The molecule has 2 rings (SSSR count). The van der Waals surface area contributed by atoms with Gasteiger partial charge in [-0.3, -0.25) is 4.79 Å². The number of carbonyl (C=O) groups is 1. The molecule has 2 aromatic rings. The van der Waals surface area contributed by atoms with Crippen LogP contribution < -0.4 is 20.1 Å². The summed E-state index contributed by atoms with van der Waals surface area (Å²) < 4.78 is 48.5. The number of carbonyl (C=O) groups excluding carboxylic acids is 1. The lowest BCUT2D eigenvalue weighted by molar-refractivity contribution is -0.137. The van der Waals surface area contributed by atoms with Crippen LogP contribution in [0.5, 0.6) is 11.5 Å². The molecule has 0 aliphatic carbocycles. The first-order valence-electron chi connectivity index (χ1n) is 7.37. The van der Waals surface area contributed by atoms with E-state index in [-0.39, 0.29) is 17.3 Å². The van der Waals surface area contributed by atoms with Gasteiger partial charge >= 0.3 is 6.18 Å². The van der Waals surface area contributed by atoms with Crippen molar-refractivity contribution in [3.05, 3.63) is 47.0 Å². The molecule has 0 saturated carbocycles. The minimum Gasteiger partial charge on any atom is -0.497 e. The van der Waals surface area contributed by atoms with Gasteiger partial charge in [0.2, 0.25) is 5.91 Å². The Hall–Kier alpha value is -2.61. The molecule has 0 unspecified atom stereocenters. The Labute approximate surface area is 153 Å². The number of amides is 1. The second kappa shape index (κ2) is 8.18. The Morgan fingerprint density at radius 2 is 1.81 bits per heavy atom. The maximum Gasteiger partial charge on any atom is 0.416 e. The number of hydrogen-bond acceptors (Lipinski definition) is 4. The Morgan fingerprint density at radius 1 is 1.08 bits per heavy atom. The van der Waals surface area contributed by atoms with Crippen LogP contribution in [0.2, 0.25) is 5.02 Å². The average Bonchev–Trinajstić information content (AvgIpc) is 2.59. The summed E-state index contributed by atoms with van der Waals surface area (Å²) in [5.74, 6) is 0.427. The molecule has 0 heterocycles. The molecule has 0 saturated heterocycles. The summed E-state index contributed by atoms with van der Waals surface area (Å²) in [6.45, 7) is -0.290. The number of ether oxygens (including phenoxy) is 2. The predicted octanol–water partition coefficient (Wildman–Crippen LogP) is 4.43. The van der Waals surface area contributed by atoms with Crippen LogP contribution in [0, 0.1) is 0 Å². The molecular weight excluding hydrogens is 373 g/mol. The Kier molecular flexibility index (Phi) is 6.20. The van der Waals surface area contributed by atoms with Gasteiger partial charge in [0.15, 0.2) is 0 Å². The van der Waals surface area contributed by atoms with Crippen LogP contribution in [0.25, 0.3) is 0 Å². The van der Waals surface area contributed by atoms with E-state index in [9.17, 15) is 18.0 Å². The number of methoxy groups -OCH3 is 2. The Morgan fingerprint density at radius 3 is 2.42 bits per heavy atom. The van der Waals surface area contributed by atoms with E-state index in [0.29, 0.717) is 17.2 Å². The summed E-state index contributed by atoms with van der Waals surface area (Å²) in [6.07, 6.45) is -4.50. The molecule has 26 heavy (non-hydrogen) atoms. The van der Waals surface area contributed by atoms with E-state index >= 15 is 0 Å². The third-order valence-electron chi connectivity index (χ3n) is 3.41. The molecular formula is C17H16ClF3N2O3. The van der Waals surface area contributed by atoms with Crippen molar-refractivity contribution in [2.75, 3.05) is 31.4 Å². The van der Waals surface area contributed by atoms with Crippen molar-refractivity contribution < 1.29 is 27.4 Å². The van der Waals surface area contributed by atoms with Crippen molar-refractivity contribution in [2.24, 2.45) is 0 Å². The average molecular weight is 389 g/mol. The van der Waals surface area contributed by atoms with Gasteiger partial charge in [-0.2, -0.15) is 13.2 Å². The van der Waals surface area contributed by atoms with E-state index in [0.717, 1.165) is 18.2 Å². The second-order valence-electron chi connectivity index (χ2n) is 5.16. The van der Waals surface area contributed by atoms with Crippen molar-refractivity contribution in [3.8, 4) is 11.5 Å². The van der Waals surface area contributed by atoms with Crippen LogP contribution in [0.15, 0.2) is 36.4 Å². The molecule has 0 bridgehead atoms. The number of hydrogen-bond donors (Lipinski definition) is 2. The van der Waals surface area contributed by atoms with E-state index in [1.54, 1.807) is 18.2 Å². The Bertz CT molecular complexity index is 797. The lowest BCUT2D eigenvalue weighted by Crippen LogP contribution is -2.22. The highest BCUT2D eigenvalue weighted by atomic mass is 35.5. The second-order valence-corrected chi connectivity index (χ2v) is 5.57. The van der Waals surface area contributed by atoms with Gasteiger partial charge in [0.1, 0.15) is 11.5 Å². The van der Waals surface area contributed by atoms with Crippen molar-refractivity contribution in [2.45, 2.75) is 6.18 Å². The predicted molar refractivity (Wildman–Crippen MR) is 93.1 cm³/mol. The topological polar surface area (TPSA) is 59.6 Å². The first-order valence-corrected chi connectivity index (χ1v) is 7.75. The smallest absolute Gasteiger partial charge is 0.416 e. The fourth-order valence-corrected chi connectivity index (χ4v) is 2.30. The molecule has 0 spiro atoms. The lowest BCUT2D eigenvalue weighted by Gasteiger charge is -2.14. The van der Waals surface area contributed by atoms with Gasteiger partial charge in [-0.15, -0.1) is 0 Å². The van der Waals surface area contributed by atoms with E-state index in [4.69, 9.17) is 21.1 Å². The monoisotopic (exact) mass is 388 g/mol. The maximum atomic E-state index is 12.8. The van der Waals surface area contributed by atoms with Gasteiger partial charge in [-0.05, 0) is 30.3 Å². The normalized spacial score (nSPS) is 11.0. The van der Waals surface area contributed by atoms with Crippen molar-refractivity contribution in [1.82, 2.24) is 0 Å². The fraction of sp³-hybridized carbons (Fsp3) is 0.235. The molecule has 0 aromatic heterocycles. The SMILES string of the molecule is COc1ccc(OC)c(NC(=O)CNc2cc(C(F)(F)F)ccc2Cl)c1. The van der Waals surface area contributed by atoms with E-state index < -0.39 is 17.6 Å². The van der Waals surface area contributed by atoms with Crippen LogP contribution in [0.4, 0.5) is 24.5 Å². The lowest BCUT2D eigenvalue weighted by atomic mass is 10.2. The molecule has 0 aliphatic rings. The number of rotatable bonds is 6. The highest BCUT2D eigenvalue weighted by molar-refractivity contribution is 6.33. The van der Waals surface area contributed by atoms with E-state index in [2.05, 4.69) is 10.6 Å². The highest BCUT2D eigenvalue weighted by Gasteiger charge is 2.31. The van der Waals surface area contributed by atoms with Gasteiger partial charge in [0.25, 0.3) is 0 Å². The van der Waals surface area contributed by atoms with Crippen LogP contribution >= 0.6 is 11.6 Å². The molecule has 0 atom stereocenters. The summed E-state index contributed by atoms with van der Waals surface area (Å²) in [7, 11) is 2.92. The van der Waals surface area contributed by atoms with Gasteiger partial charge in [0.05, 0.1) is 42.7 Å². The molecule has 2 aromatic carbocycles. The molecule has 0 fully saturated rings. The molecule has 0 radical (unpaired) electrons.